The Bertz CT molecular complexity index is 836. The van der Waals surface area contributed by atoms with E-state index in [2.05, 4.69) is 0 Å². The molecule has 4 nitrogen and oxygen atoms in total. The van der Waals surface area contributed by atoms with Gasteiger partial charge in [-0.15, -0.1) is 0 Å². The maximum atomic E-state index is 13.5. The summed E-state index contributed by atoms with van der Waals surface area (Å²) in [6.07, 6.45) is 0. The van der Waals surface area contributed by atoms with E-state index in [1.807, 2.05) is 75.4 Å². The summed E-state index contributed by atoms with van der Waals surface area (Å²) in [6, 6.07) is 22.0. The van der Waals surface area contributed by atoms with Crippen molar-refractivity contribution in [3.8, 4) is 17.2 Å². The van der Waals surface area contributed by atoms with Gasteiger partial charge in [0.2, 0.25) is 0 Å². The van der Waals surface area contributed by atoms with Crippen molar-refractivity contribution in [3.63, 3.8) is 0 Å². The van der Waals surface area contributed by atoms with Crippen molar-refractivity contribution in [1.29, 1.82) is 0 Å². The monoisotopic (exact) mass is 408 g/mol. The van der Waals surface area contributed by atoms with E-state index in [-0.39, 0.29) is 51.4 Å². The molecule has 0 unspecified atom stereocenters. The third-order valence-electron chi connectivity index (χ3n) is 3.91. The summed E-state index contributed by atoms with van der Waals surface area (Å²) in [5, 5.41) is 0. The molecule has 0 radical (unpaired) electrons. The van der Waals surface area contributed by atoms with Gasteiger partial charge in [0.25, 0.3) is 0 Å². The average Bonchev–Trinajstić information content (AvgIpc) is 2.61. The molecule has 3 rings (SSSR count). The molecule has 3 aromatic rings. The van der Waals surface area contributed by atoms with E-state index in [1.165, 1.54) is 0 Å². The van der Waals surface area contributed by atoms with Gasteiger partial charge < -0.3 is 13.6 Å². The number of aryl methyl sites for hydroxylation is 3. The molecule has 0 fully saturated rings. The van der Waals surface area contributed by atoms with Crippen LogP contribution in [-0.4, -0.2) is 51.4 Å². The Morgan fingerprint density at radius 1 is 0.556 bits per heavy atom. The van der Waals surface area contributed by atoms with E-state index >= 15 is 0 Å². The molecule has 0 aliphatic heterocycles. The molecule has 3 aromatic carbocycles. The molecule has 0 aliphatic rings. The summed E-state index contributed by atoms with van der Waals surface area (Å²) in [7, 11) is -3.97. The van der Waals surface area contributed by atoms with E-state index in [4.69, 9.17) is 13.6 Å². The molecule has 0 N–H and O–H groups in total. The topological polar surface area (TPSA) is 44.8 Å². The Hall–Kier alpha value is -1.07. The van der Waals surface area contributed by atoms with Crippen LogP contribution in [0.15, 0.2) is 72.8 Å². The van der Waals surface area contributed by atoms with Crippen molar-refractivity contribution in [2.24, 2.45) is 0 Å². The zero-order valence-corrected chi connectivity index (χ0v) is 15.9. The Labute approximate surface area is 202 Å². The maximum absolute atomic E-state index is 13.5. The van der Waals surface area contributed by atoms with Crippen LogP contribution in [-0.2, 0) is 4.57 Å². The van der Waals surface area contributed by atoms with E-state index < -0.39 is 7.82 Å². The van der Waals surface area contributed by atoms with Crippen molar-refractivity contribution in [2.75, 3.05) is 0 Å². The summed E-state index contributed by atoms with van der Waals surface area (Å²) in [4.78, 5) is 0. The number of hydrogen-bond acceptors (Lipinski definition) is 4. The van der Waals surface area contributed by atoms with Crippen LogP contribution in [0.4, 0.5) is 0 Å². The second kappa shape index (κ2) is 9.92. The zero-order valence-electron chi connectivity index (χ0n) is 15.0. The third-order valence-corrected chi connectivity index (χ3v) is 5.17. The van der Waals surface area contributed by atoms with Crippen LogP contribution in [0, 0.1) is 20.8 Å². The number of phosphoric ester groups is 1. The molecule has 0 saturated heterocycles. The van der Waals surface area contributed by atoms with Crippen LogP contribution in [0.5, 0.6) is 17.2 Å². The Morgan fingerprint density at radius 2 is 0.815 bits per heavy atom. The van der Waals surface area contributed by atoms with Gasteiger partial charge in [-0.25, -0.2) is 0 Å². The molecule has 0 amide bonds. The molecule has 0 atom stereocenters. The summed E-state index contributed by atoms with van der Waals surface area (Å²) in [5.74, 6) is 1.37. The number of rotatable bonds is 6. The third kappa shape index (κ3) is 5.95. The predicted molar refractivity (Wildman–Crippen MR) is 110 cm³/mol. The molecule has 27 heavy (non-hydrogen) atoms. The number of benzene rings is 3. The van der Waals surface area contributed by atoms with Crippen LogP contribution < -0.4 is 13.6 Å². The summed E-state index contributed by atoms with van der Waals surface area (Å²) >= 11 is 0. The molecular weight excluding hydrogens is 386 g/mol. The van der Waals surface area contributed by atoms with Crippen LogP contribution in [0.1, 0.15) is 16.7 Å². The molecule has 0 aromatic heterocycles. The zero-order chi connectivity index (χ0) is 18.6. The molecule has 0 aliphatic carbocycles. The van der Waals surface area contributed by atoms with E-state index in [9.17, 15) is 4.57 Å². The second-order valence-electron chi connectivity index (χ2n) is 6.02. The average molecular weight is 408 g/mol. The fraction of sp³-hybridized carbons (Fsp3) is 0.143. The van der Waals surface area contributed by atoms with Gasteiger partial charge in [-0.3, -0.25) is 0 Å². The fourth-order valence-electron chi connectivity index (χ4n) is 2.39. The molecule has 0 spiro atoms. The van der Waals surface area contributed by atoms with Crippen LogP contribution in [0.3, 0.4) is 0 Å². The van der Waals surface area contributed by atoms with Gasteiger partial charge in [0, 0.05) is 0 Å². The van der Waals surface area contributed by atoms with Gasteiger partial charge >= 0.3 is 59.2 Å². The van der Waals surface area contributed by atoms with Gasteiger partial charge in [-0.2, -0.15) is 4.57 Å². The molecular formula is C21H22KO4P. The first-order valence-corrected chi connectivity index (χ1v) is 9.79. The molecule has 0 saturated carbocycles. The van der Waals surface area contributed by atoms with Crippen LogP contribution >= 0.6 is 7.82 Å². The number of para-hydroxylation sites is 3. The second-order valence-corrected chi connectivity index (χ2v) is 7.46. The molecule has 6 heteroatoms. The van der Waals surface area contributed by atoms with Crippen LogP contribution in [0.25, 0.3) is 0 Å². The van der Waals surface area contributed by atoms with E-state index in [0.717, 1.165) is 16.7 Å². The minimum atomic E-state index is -3.97. The van der Waals surface area contributed by atoms with Gasteiger partial charge in [0.1, 0.15) is 17.2 Å². The summed E-state index contributed by atoms with van der Waals surface area (Å²) in [5.41, 5.74) is 2.53. The van der Waals surface area contributed by atoms with Crippen molar-refractivity contribution >= 4 is 59.2 Å². The normalized spacial score (nSPS) is 10.6. The van der Waals surface area contributed by atoms with E-state index in [0.29, 0.717) is 17.2 Å². The standard InChI is InChI=1S/C21H21O4P.K.H/c1-16-10-4-7-13-19(16)23-26(22,24-20-14-8-5-11-17(20)2)25-21-15-9-6-12-18(21)3;;/h4-15H,1-3H3;;. The first-order chi connectivity index (χ1) is 12.5. The summed E-state index contributed by atoms with van der Waals surface area (Å²) in [6.45, 7) is 5.63. The SMILES string of the molecule is Cc1ccccc1OP(=O)(Oc1ccccc1C)Oc1ccccc1C.[KH]. The van der Waals surface area contributed by atoms with Crippen molar-refractivity contribution < 1.29 is 18.1 Å². The molecule has 0 heterocycles. The van der Waals surface area contributed by atoms with Gasteiger partial charge in [-0.05, 0) is 55.7 Å². The Morgan fingerprint density at radius 3 is 1.07 bits per heavy atom. The van der Waals surface area contributed by atoms with Gasteiger partial charge in [-0.1, -0.05) is 54.6 Å². The van der Waals surface area contributed by atoms with Gasteiger partial charge in [0.15, 0.2) is 0 Å². The fourth-order valence-corrected chi connectivity index (χ4v) is 3.84. The predicted octanol–water partition coefficient (Wildman–Crippen LogP) is 5.61. The Kier molecular flexibility index (Phi) is 8.16. The molecule has 136 valence electrons. The van der Waals surface area contributed by atoms with Crippen molar-refractivity contribution in [1.82, 2.24) is 0 Å². The summed E-state index contributed by atoms with van der Waals surface area (Å²) < 4.78 is 30.8. The first-order valence-electron chi connectivity index (χ1n) is 8.32. The number of hydrogen-bond donors (Lipinski definition) is 0. The van der Waals surface area contributed by atoms with Crippen molar-refractivity contribution in [3.05, 3.63) is 89.5 Å². The van der Waals surface area contributed by atoms with E-state index in [1.54, 1.807) is 18.2 Å². The first kappa shape index (κ1) is 22.2. The van der Waals surface area contributed by atoms with Crippen LogP contribution in [0.2, 0.25) is 0 Å². The molecule has 0 bridgehead atoms. The minimum absolute atomic E-state index is 0. The number of phosphoric acid groups is 1. The Balaban J connectivity index is 0.00000261. The van der Waals surface area contributed by atoms with Crippen molar-refractivity contribution in [2.45, 2.75) is 20.8 Å². The van der Waals surface area contributed by atoms with Gasteiger partial charge in [0.05, 0.1) is 0 Å². The quantitative estimate of drug-likeness (QED) is 0.393.